The lowest BCUT2D eigenvalue weighted by molar-refractivity contribution is -0.124. The van der Waals surface area contributed by atoms with Gasteiger partial charge in [-0.2, -0.15) is 0 Å². The highest BCUT2D eigenvalue weighted by atomic mass is 16.7. The summed E-state index contributed by atoms with van der Waals surface area (Å²) < 4.78 is 15.6. The topological polar surface area (TPSA) is 94.1 Å². The van der Waals surface area contributed by atoms with Gasteiger partial charge in [-0.15, -0.1) is 0 Å². The molecule has 2 N–H and O–H groups in total. The van der Waals surface area contributed by atoms with E-state index in [1.807, 2.05) is 19.1 Å². The lowest BCUT2D eigenvalue weighted by atomic mass is 10.1. The number of fused-ring (bicyclic) bond motifs is 1. The maximum absolute atomic E-state index is 12.0. The van der Waals surface area contributed by atoms with E-state index in [-0.39, 0.29) is 26.0 Å². The van der Waals surface area contributed by atoms with Gasteiger partial charge in [0.05, 0.1) is 18.2 Å². The number of ether oxygens (including phenoxy) is 3. The molecular formula is C19H19NO6. The molecule has 0 radical (unpaired) electrons. The molecule has 2 aromatic carbocycles. The van der Waals surface area contributed by atoms with Crippen LogP contribution in [0.4, 0.5) is 0 Å². The van der Waals surface area contributed by atoms with Gasteiger partial charge in [0.25, 0.3) is 5.91 Å². The maximum atomic E-state index is 12.0. The monoisotopic (exact) mass is 357 g/mol. The summed E-state index contributed by atoms with van der Waals surface area (Å²) in [7, 11) is 0. The number of hydrogen-bond acceptors (Lipinski definition) is 6. The zero-order chi connectivity index (χ0) is 18.5. The average molecular weight is 357 g/mol. The third-order valence-corrected chi connectivity index (χ3v) is 3.98. The number of aliphatic hydroxyl groups is 1. The van der Waals surface area contributed by atoms with Crippen LogP contribution in [0.2, 0.25) is 0 Å². The van der Waals surface area contributed by atoms with E-state index in [1.165, 1.54) is 0 Å². The molecule has 0 saturated heterocycles. The number of benzene rings is 2. The number of esters is 1. The average Bonchev–Trinajstić information content (AvgIpc) is 3.14. The number of nitrogens with one attached hydrogen (secondary N) is 1. The highest BCUT2D eigenvalue weighted by Crippen LogP contribution is 2.34. The molecule has 136 valence electrons. The van der Waals surface area contributed by atoms with Crippen molar-refractivity contribution >= 4 is 11.9 Å². The Morgan fingerprint density at radius 3 is 2.62 bits per heavy atom. The first-order chi connectivity index (χ1) is 12.6. The van der Waals surface area contributed by atoms with Gasteiger partial charge in [0.2, 0.25) is 6.79 Å². The number of carbonyl (C=O) groups excluding carboxylic acids is 2. The van der Waals surface area contributed by atoms with Crippen LogP contribution in [-0.2, 0) is 16.1 Å². The summed E-state index contributed by atoms with van der Waals surface area (Å²) in [4.78, 5) is 24.0. The first-order valence-corrected chi connectivity index (χ1v) is 8.12. The highest BCUT2D eigenvalue weighted by Gasteiger charge is 2.17. The van der Waals surface area contributed by atoms with Crippen molar-refractivity contribution in [2.45, 2.75) is 19.6 Å². The Hall–Kier alpha value is -3.06. The second-order valence-electron chi connectivity index (χ2n) is 5.83. The van der Waals surface area contributed by atoms with Crippen LogP contribution in [0.25, 0.3) is 0 Å². The molecule has 1 amide bonds. The Balaban J connectivity index is 1.51. The molecule has 1 aliphatic heterocycles. The smallest absolute Gasteiger partial charge is 0.338 e. The number of hydrogen-bond donors (Lipinski definition) is 2. The van der Waals surface area contributed by atoms with Gasteiger partial charge in [0.15, 0.2) is 18.1 Å². The molecule has 0 fully saturated rings. The van der Waals surface area contributed by atoms with Crippen molar-refractivity contribution in [2.75, 3.05) is 13.4 Å². The van der Waals surface area contributed by atoms with Crippen LogP contribution in [0.3, 0.4) is 0 Å². The standard InChI is InChI=1S/C19H19NO6/c1-12(15-6-7-16-17(8-15)26-11-25-16)20-18(22)10-24-19(23)14-4-2-13(9-21)3-5-14/h2-8,12,21H,9-11H2,1H3,(H,20,22)/t12-/m1/s1. The Labute approximate surface area is 150 Å². The molecule has 0 bridgehead atoms. The molecule has 1 atom stereocenters. The highest BCUT2D eigenvalue weighted by molar-refractivity contribution is 5.91. The van der Waals surface area contributed by atoms with Crippen LogP contribution < -0.4 is 14.8 Å². The van der Waals surface area contributed by atoms with Gasteiger partial charge >= 0.3 is 5.97 Å². The Morgan fingerprint density at radius 2 is 1.88 bits per heavy atom. The minimum atomic E-state index is -0.597. The molecule has 1 heterocycles. The molecule has 0 unspecified atom stereocenters. The van der Waals surface area contributed by atoms with Gasteiger partial charge in [0.1, 0.15) is 0 Å². The van der Waals surface area contributed by atoms with Crippen molar-refractivity contribution in [3.63, 3.8) is 0 Å². The van der Waals surface area contributed by atoms with Gasteiger partial charge in [-0.25, -0.2) is 4.79 Å². The van der Waals surface area contributed by atoms with Crippen LogP contribution in [0.15, 0.2) is 42.5 Å². The molecular weight excluding hydrogens is 338 g/mol. The zero-order valence-corrected chi connectivity index (χ0v) is 14.2. The summed E-state index contributed by atoms with van der Waals surface area (Å²) in [6.45, 7) is 1.53. The first kappa shape index (κ1) is 17.8. The fourth-order valence-corrected chi connectivity index (χ4v) is 2.51. The SMILES string of the molecule is C[C@@H](NC(=O)COC(=O)c1ccc(CO)cc1)c1ccc2c(c1)OCO2. The van der Waals surface area contributed by atoms with E-state index in [0.29, 0.717) is 22.6 Å². The summed E-state index contributed by atoms with van der Waals surface area (Å²) in [6.07, 6.45) is 0. The van der Waals surface area contributed by atoms with E-state index < -0.39 is 11.9 Å². The Morgan fingerprint density at radius 1 is 1.15 bits per heavy atom. The Bertz CT molecular complexity index is 802. The zero-order valence-electron chi connectivity index (χ0n) is 14.2. The fraction of sp³-hybridized carbons (Fsp3) is 0.263. The lowest BCUT2D eigenvalue weighted by Crippen LogP contribution is -2.31. The van der Waals surface area contributed by atoms with Crippen molar-refractivity contribution in [3.8, 4) is 11.5 Å². The molecule has 2 aromatic rings. The van der Waals surface area contributed by atoms with Crippen molar-refractivity contribution in [2.24, 2.45) is 0 Å². The van der Waals surface area contributed by atoms with Crippen LogP contribution in [0, 0.1) is 0 Å². The molecule has 0 aliphatic carbocycles. The van der Waals surface area contributed by atoms with E-state index >= 15 is 0 Å². The van der Waals surface area contributed by atoms with E-state index in [0.717, 1.165) is 5.56 Å². The summed E-state index contributed by atoms with van der Waals surface area (Å²) >= 11 is 0. The molecule has 0 spiro atoms. The van der Waals surface area contributed by atoms with Crippen LogP contribution in [0.1, 0.15) is 34.5 Å². The quantitative estimate of drug-likeness (QED) is 0.768. The van der Waals surface area contributed by atoms with Gasteiger partial charge in [-0.1, -0.05) is 18.2 Å². The van der Waals surface area contributed by atoms with Gasteiger partial charge < -0.3 is 24.6 Å². The summed E-state index contributed by atoms with van der Waals surface area (Å²) in [5.74, 6) is 0.311. The van der Waals surface area contributed by atoms with E-state index in [9.17, 15) is 9.59 Å². The Kier molecular flexibility index (Phi) is 5.38. The van der Waals surface area contributed by atoms with Crippen LogP contribution in [-0.4, -0.2) is 30.4 Å². The van der Waals surface area contributed by atoms with Crippen LogP contribution >= 0.6 is 0 Å². The van der Waals surface area contributed by atoms with Gasteiger partial charge in [-0.3, -0.25) is 4.79 Å². The molecule has 0 saturated carbocycles. The third-order valence-electron chi connectivity index (χ3n) is 3.98. The predicted octanol–water partition coefficient (Wildman–Crippen LogP) is 1.94. The van der Waals surface area contributed by atoms with Crippen molar-refractivity contribution in [1.82, 2.24) is 5.32 Å². The molecule has 26 heavy (non-hydrogen) atoms. The number of amides is 1. The number of carbonyl (C=O) groups is 2. The van der Waals surface area contributed by atoms with Crippen molar-refractivity contribution in [3.05, 3.63) is 59.2 Å². The number of aliphatic hydroxyl groups excluding tert-OH is 1. The molecule has 3 rings (SSSR count). The summed E-state index contributed by atoms with van der Waals surface area (Å²) in [6, 6.07) is 11.5. The predicted molar refractivity (Wildman–Crippen MR) is 91.8 cm³/mol. The van der Waals surface area contributed by atoms with Crippen molar-refractivity contribution < 1.29 is 28.9 Å². The maximum Gasteiger partial charge on any atom is 0.338 e. The summed E-state index contributed by atoms with van der Waals surface area (Å²) in [5, 5.41) is 11.8. The van der Waals surface area contributed by atoms with Crippen molar-refractivity contribution in [1.29, 1.82) is 0 Å². The van der Waals surface area contributed by atoms with Gasteiger partial charge in [0, 0.05) is 0 Å². The van der Waals surface area contributed by atoms with Crippen LogP contribution in [0.5, 0.6) is 11.5 Å². The van der Waals surface area contributed by atoms with E-state index in [1.54, 1.807) is 30.3 Å². The van der Waals surface area contributed by atoms with E-state index in [4.69, 9.17) is 19.3 Å². The number of rotatable bonds is 6. The fourth-order valence-electron chi connectivity index (χ4n) is 2.51. The lowest BCUT2D eigenvalue weighted by Gasteiger charge is -2.15. The van der Waals surface area contributed by atoms with Gasteiger partial charge in [-0.05, 0) is 42.3 Å². The third kappa shape index (κ3) is 4.12. The van der Waals surface area contributed by atoms with E-state index in [2.05, 4.69) is 5.32 Å². The normalized spacial score (nSPS) is 13.2. The largest absolute Gasteiger partial charge is 0.454 e. The second-order valence-corrected chi connectivity index (χ2v) is 5.83. The minimum absolute atomic E-state index is 0.102. The molecule has 1 aliphatic rings. The summed E-state index contributed by atoms with van der Waals surface area (Å²) in [5.41, 5.74) is 1.86. The molecule has 0 aromatic heterocycles. The minimum Gasteiger partial charge on any atom is -0.454 e. The first-order valence-electron chi connectivity index (χ1n) is 8.12. The molecule has 7 nitrogen and oxygen atoms in total. The molecule has 7 heteroatoms. The second kappa shape index (κ2) is 7.88.